The van der Waals surface area contributed by atoms with E-state index in [9.17, 15) is 4.79 Å². The second kappa shape index (κ2) is 6.15. The SMILES string of the molecule is CC1CCN(C(=O)CSCc2ccco2)CC1. The fourth-order valence-corrected chi connectivity index (χ4v) is 2.81. The molecule has 1 aromatic rings. The van der Waals surface area contributed by atoms with Crippen molar-refractivity contribution in [3.8, 4) is 0 Å². The summed E-state index contributed by atoms with van der Waals surface area (Å²) in [5, 5.41) is 0. The summed E-state index contributed by atoms with van der Waals surface area (Å²) in [6, 6.07) is 3.82. The van der Waals surface area contributed by atoms with Gasteiger partial charge in [0.05, 0.1) is 17.8 Å². The quantitative estimate of drug-likeness (QED) is 0.827. The summed E-state index contributed by atoms with van der Waals surface area (Å²) < 4.78 is 5.23. The first-order valence-corrected chi connectivity index (χ1v) is 7.29. The van der Waals surface area contributed by atoms with E-state index in [1.807, 2.05) is 17.0 Å². The van der Waals surface area contributed by atoms with Crippen LogP contribution < -0.4 is 0 Å². The molecule has 3 nitrogen and oxygen atoms in total. The number of furan rings is 1. The molecule has 0 N–H and O–H groups in total. The molecule has 0 aromatic carbocycles. The van der Waals surface area contributed by atoms with Crippen LogP contribution in [0.25, 0.3) is 0 Å². The van der Waals surface area contributed by atoms with Crippen LogP contribution in [0.15, 0.2) is 22.8 Å². The van der Waals surface area contributed by atoms with Gasteiger partial charge in [-0.3, -0.25) is 4.79 Å². The van der Waals surface area contributed by atoms with Gasteiger partial charge in [0.15, 0.2) is 0 Å². The van der Waals surface area contributed by atoms with Crippen molar-refractivity contribution in [2.45, 2.75) is 25.5 Å². The molecule has 0 atom stereocenters. The van der Waals surface area contributed by atoms with Gasteiger partial charge in [-0.1, -0.05) is 6.92 Å². The molecule has 0 aliphatic carbocycles. The molecule has 1 aliphatic rings. The molecular weight excluding hydrogens is 234 g/mol. The molecule has 17 heavy (non-hydrogen) atoms. The van der Waals surface area contributed by atoms with Crippen molar-refractivity contribution in [2.75, 3.05) is 18.8 Å². The number of likely N-dealkylation sites (tertiary alicyclic amines) is 1. The smallest absolute Gasteiger partial charge is 0.232 e. The van der Waals surface area contributed by atoms with Crippen LogP contribution in [0.4, 0.5) is 0 Å². The molecule has 0 saturated carbocycles. The number of carbonyl (C=O) groups is 1. The van der Waals surface area contributed by atoms with E-state index in [0.29, 0.717) is 5.75 Å². The van der Waals surface area contributed by atoms with E-state index in [0.717, 1.165) is 43.4 Å². The van der Waals surface area contributed by atoms with Gasteiger partial charge in [-0.15, -0.1) is 11.8 Å². The van der Waals surface area contributed by atoms with Crippen LogP contribution in [0, 0.1) is 5.92 Å². The second-order valence-corrected chi connectivity index (χ2v) is 5.62. The molecule has 4 heteroatoms. The predicted octanol–water partition coefficient (Wildman–Crippen LogP) is 2.77. The average Bonchev–Trinajstić information content (AvgIpc) is 2.83. The molecular formula is C13H19NO2S. The van der Waals surface area contributed by atoms with Gasteiger partial charge in [-0.2, -0.15) is 0 Å². The lowest BCUT2D eigenvalue weighted by Gasteiger charge is -2.30. The van der Waals surface area contributed by atoms with E-state index >= 15 is 0 Å². The van der Waals surface area contributed by atoms with Crippen molar-refractivity contribution in [2.24, 2.45) is 5.92 Å². The lowest BCUT2D eigenvalue weighted by molar-refractivity contribution is -0.129. The Morgan fingerprint density at radius 2 is 2.29 bits per heavy atom. The van der Waals surface area contributed by atoms with E-state index in [1.165, 1.54) is 0 Å². The molecule has 1 aliphatic heterocycles. The Labute approximate surface area is 107 Å². The monoisotopic (exact) mass is 253 g/mol. The van der Waals surface area contributed by atoms with Crippen LogP contribution in [0.2, 0.25) is 0 Å². The topological polar surface area (TPSA) is 33.5 Å². The van der Waals surface area contributed by atoms with Gasteiger partial charge in [0, 0.05) is 13.1 Å². The van der Waals surface area contributed by atoms with Crippen molar-refractivity contribution in [3.05, 3.63) is 24.2 Å². The molecule has 0 spiro atoms. The summed E-state index contributed by atoms with van der Waals surface area (Å²) in [5.41, 5.74) is 0. The number of hydrogen-bond acceptors (Lipinski definition) is 3. The molecule has 0 bridgehead atoms. The molecule has 1 fully saturated rings. The molecule has 0 unspecified atom stereocenters. The highest BCUT2D eigenvalue weighted by atomic mass is 32.2. The van der Waals surface area contributed by atoms with E-state index in [4.69, 9.17) is 4.42 Å². The Morgan fingerprint density at radius 1 is 1.53 bits per heavy atom. The Hall–Kier alpha value is -0.900. The first kappa shape index (κ1) is 12.6. The van der Waals surface area contributed by atoms with Gasteiger partial charge in [-0.25, -0.2) is 0 Å². The van der Waals surface area contributed by atoms with Crippen molar-refractivity contribution in [1.82, 2.24) is 4.90 Å². The van der Waals surface area contributed by atoms with Gasteiger partial charge in [0.25, 0.3) is 0 Å². The lowest BCUT2D eigenvalue weighted by Crippen LogP contribution is -2.38. The standard InChI is InChI=1S/C13H19NO2S/c1-11-4-6-14(7-5-11)13(15)10-17-9-12-3-2-8-16-12/h2-3,8,11H,4-7,9-10H2,1H3. The van der Waals surface area contributed by atoms with Gasteiger partial charge in [0.2, 0.25) is 5.91 Å². The molecule has 0 radical (unpaired) electrons. The molecule has 2 rings (SSSR count). The van der Waals surface area contributed by atoms with Crippen LogP contribution in [-0.4, -0.2) is 29.6 Å². The maximum absolute atomic E-state index is 11.9. The first-order valence-electron chi connectivity index (χ1n) is 6.13. The van der Waals surface area contributed by atoms with Crippen LogP contribution in [-0.2, 0) is 10.5 Å². The number of rotatable bonds is 4. The number of nitrogens with zero attached hydrogens (tertiary/aromatic N) is 1. The van der Waals surface area contributed by atoms with Crippen LogP contribution in [0.5, 0.6) is 0 Å². The van der Waals surface area contributed by atoms with Crippen molar-refractivity contribution in [3.63, 3.8) is 0 Å². The third-order valence-electron chi connectivity index (χ3n) is 3.19. The maximum Gasteiger partial charge on any atom is 0.232 e. The lowest BCUT2D eigenvalue weighted by atomic mass is 9.99. The summed E-state index contributed by atoms with van der Waals surface area (Å²) in [4.78, 5) is 13.9. The average molecular weight is 253 g/mol. The van der Waals surface area contributed by atoms with Crippen molar-refractivity contribution in [1.29, 1.82) is 0 Å². The van der Waals surface area contributed by atoms with E-state index in [-0.39, 0.29) is 5.91 Å². The number of hydrogen-bond donors (Lipinski definition) is 0. The Bertz CT molecular complexity index is 342. The minimum atomic E-state index is 0.272. The minimum absolute atomic E-state index is 0.272. The number of piperidine rings is 1. The van der Waals surface area contributed by atoms with Crippen LogP contribution >= 0.6 is 11.8 Å². The summed E-state index contributed by atoms with van der Waals surface area (Å²) in [6.07, 6.45) is 3.97. The van der Waals surface area contributed by atoms with Gasteiger partial charge in [0.1, 0.15) is 5.76 Å². The van der Waals surface area contributed by atoms with E-state index in [1.54, 1.807) is 18.0 Å². The van der Waals surface area contributed by atoms with Crippen LogP contribution in [0.3, 0.4) is 0 Å². The number of carbonyl (C=O) groups excluding carboxylic acids is 1. The Balaban J connectivity index is 1.67. The summed E-state index contributed by atoms with van der Waals surface area (Å²) >= 11 is 1.63. The molecule has 2 heterocycles. The second-order valence-electron chi connectivity index (χ2n) is 4.64. The predicted molar refractivity (Wildman–Crippen MR) is 69.8 cm³/mol. The summed E-state index contributed by atoms with van der Waals surface area (Å²) in [7, 11) is 0. The summed E-state index contributed by atoms with van der Waals surface area (Å²) in [5.74, 6) is 3.33. The van der Waals surface area contributed by atoms with Gasteiger partial charge in [-0.05, 0) is 30.9 Å². The maximum atomic E-state index is 11.9. The Kier molecular flexibility index (Phi) is 4.54. The molecule has 1 saturated heterocycles. The van der Waals surface area contributed by atoms with E-state index in [2.05, 4.69) is 6.92 Å². The van der Waals surface area contributed by atoms with Crippen molar-refractivity contribution >= 4 is 17.7 Å². The van der Waals surface area contributed by atoms with Gasteiger partial charge < -0.3 is 9.32 Å². The van der Waals surface area contributed by atoms with Crippen LogP contribution in [0.1, 0.15) is 25.5 Å². The molecule has 1 amide bonds. The largest absolute Gasteiger partial charge is 0.468 e. The van der Waals surface area contributed by atoms with Crippen molar-refractivity contribution < 1.29 is 9.21 Å². The highest BCUT2D eigenvalue weighted by molar-refractivity contribution is 7.99. The normalized spacial score (nSPS) is 17.4. The first-order chi connectivity index (χ1) is 8.25. The van der Waals surface area contributed by atoms with Gasteiger partial charge >= 0.3 is 0 Å². The third-order valence-corrected chi connectivity index (χ3v) is 4.13. The fraction of sp³-hybridized carbons (Fsp3) is 0.615. The Morgan fingerprint density at radius 3 is 2.94 bits per heavy atom. The zero-order chi connectivity index (χ0) is 12.1. The third kappa shape index (κ3) is 3.80. The fourth-order valence-electron chi connectivity index (χ4n) is 1.98. The zero-order valence-electron chi connectivity index (χ0n) is 10.2. The zero-order valence-corrected chi connectivity index (χ0v) is 11.0. The molecule has 1 aromatic heterocycles. The molecule has 94 valence electrons. The number of amides is 1. The number of thioether (sulfide) groups is 1. The summed E-state index contributed by atoms with van der Waals surface area (Å²) in [6.45, 7) is 4.12. The van der Waals surface area contributed by atoms with E-state index < -0.39 is 0 Å². The highest BCUT2D eigenvalue weighted by Gasteiger charge is 2.19. The highest BCUT2D eigenvalue weighted by Crippen LogP contribution is 2.18. The minimum Gasteiger partial charge on any atom is -0.468 e.